The Balaban J connectivity index is 2.31. The maximum absolute atomic E-state index is 12.5. The summed E-state index contributed by atoms with van der Waals surface area (Å²) in [7, 11) is -3.51. The maximum Gasteiger partial charge on any atom is 0.325 e. The zero-order valence-electron chi connectivity index (χ0n) is 12.2. The zero-order valence-corrected chi connectivity index (χ0v) is 14.6. The van der Waals surface area contributed by atoms with Gasteiger partial charge in [-0.05, 0) is 24.6 Å². The molecule has 0 saturated carbocycles. The number of rotatable bonds is 4. The van der Waals surface area contributed by atoms with Crippen LogP contribution in [0.3, 0.4) is 0 Å². The number of carbonyl (C=O) groups is 1. The first-order valence-electron chi connectivity index (χ1n) is 6.92. The van der Waals surface area contributed by atoms with Crippen LogP contribution in [0.1, 0.15) is 12.5 Å². The molecule has 22 heavy (non-hydrogen) atoms. The topological polar surface area (TPSA) is 63.7 Å². The van der Waals surface area contributed by atoms with Gasteiger partial charge in [-0.1, -0.05) is 23.7 Å². The number of thioether (sulfide) groups is 1. The van der Waals surface area contributed by atoms with Crippen molar-refractivity contribution in [3.8, 4) is 0 Å². The summed E-state index contributed by atoms with van der Waals surface area (Å²) in [5.41, 5.74) is 0.747. The van der Waals surface area contributed by atoms with Gasteiger partial charge in [0.05, 0.1) is 12.4 Å². The summed E-state index contributed by atoms with van der Waals surface area (Å²) >= 11 is 7.40. The van der Waals surface area contributed by atoms with E-state index >= 15 is 0 Å². The van der Waals surface area contributed by atoms with E-state index in [2.05, 4.69) is 0 Å². The Morgan fingerprint density at radius 1 is 1.50 bits per heavy atom. The number of halogens is 1. The Hall–Kier alpha value is -0.760. The quantitative estimate of drug-likeness (QED) is 0.767. The van der Waals surface area contributed by atoms with E-state index in [0.717, 1.165) is 5.56 Å². The standard InChI is InChI=1S/C14H18ClNO4S2/c1-2-20-14(17)13-10-21-6-7-22(18,19)16(13)9-11-4-3-5-12(15)8-11/h3-5,8,13H,2,6-7,9-10H2,1H3. The first kappa shape index (κ1) is 17.6. The smallest absolute Gasteiger partial charge is 0.325 e. The van der Waals surface area contributed by atoms with E-state index in [1.54, 1.807) is 31.2 Å². The molecule has 0 bridgehead atoms. The maximum atomic E-state index is 12.5. The highest BCUT2D eigenvalue weighted by Crippen LogP contribution is 2.24. The number of sulfonamides is 1. The third kappa shape index (κ3) is 4.38. The molecule has 1 aromatic carbocycles. The highest BCUT2D eigenvalue weighted by molar-refractivity contribution is 8.00. The van der Waals surface area contributed by atoms with Crippen LogP contribution in [0.5, 0.6) is 0 Å². The Kier molecular flexibility index (Phi) is 6.14. The van der Waals surface area contributed by atoms with Crippen molar-refractivity contribution in [1.29, 1.82) is 0 Å². The minimum absolute atomic E-state index is 0.0220. The third-order valence-corrected chi connectivity index (χ3v) is 6.61. The lowest BCUT2D eigenvalue weighted by Crippen LogP contribution is -2.46. The minimum Gasteiger partial charge on any atom is -0.465 e. The summed E-state index contributed by atoms with van der Waals surface area (Å²) in [6, 6.07) is 6.19. The molecule has 8 heteroatoms. The van der Waals surface area contributed by atoms with Crippen molar-refractivity contribution >= 4 is 39.4 Å². The van der Waals surface area contributed by atoms with Crippen LogP contribution in [-0.4, -0.2) is 48.6 Å². The van der Waals surface area contributed by atoms with Gasteiger partial charge >= 0.3 is 5.97 Å². The van der Waals surface area contributed by atoms with Crippen molar-refractivity contribution < 1.29 is 17.9 Å². The molecule has 1 saturated heterocycles. The molecule has 1 heterocycles. The average Bonchev–Trinajstić information content (AvgIpc) is 2.59. The molecular weight excluding hydrogens is 346 g/mol. The van der Waals surface area contributed by atoms with Crippen LogP contribution in [0.4, 0.5) is 0 Å². The van der Waals surface area contributed by atoms with E-state index in [1.807, 2.05) is 0 Å². The average molecular weight is 364 g/mol. The Bertz CT molecular complexity index is 635. The second-order valence-electron chi connectivity index (χ2n) is 4.83. The molecule has 0 N–H and O–H groups in total. The van der Waals surface area contributed by atoms with E-state index in [0.29, 0.717) is 16.5 Å². The first-order valence-corrected chi connectivity index (χ1v) is 10.1. The first-order chi connectivity index (χ1) is 10.4. The summed E-state index contributed by atoms with van der Waals surface area (Å²) in [4.78, 5) is 12.1. The lowest BCUT2D eigenvalue weighted by molar-refractivity contribution is -0.147. The van der Waals surface area contributed by atoms with Gasteiger partial charge in [0.2, 0.25) is 10.0 Å². The fourth-order valence-electron chi connectivity index (χ4n) is 2.20. The number of nitrogens with zero attached hydrogens (tertiary/aromatic N) is 1. The van der Waals surface area contributed by atoms with E-state index in [1.165, 1.54) is 16.1 Å². The molecule has 0 spiro atoms. The lowest BCUT2D eigenvalue weighted by Gasteiger charge is -2.27. The van der Waals surface area contributed by atoms with E-state index in [-0.39, 0.29) is 18.9 Å². The molecule has 1 unspecified atom stereocenters. The van der Waals surface area contributed by atoms with Crippen molar-refractivity contribution in [2.45, 2.75) is 19.5 Å². The number of hydrogen-bond donors (Lipinski definition) is 0. The fourth-order valence-corrected chi connectivity index (χ4v) is 5.66. The lowest BCUT2D eigenvalue weighted by atomic mass is 10.2. The predicted molar refractivity (Wildman–Crippen MR) is 88.5 cm³/mol. The van der Waals surface area contributed by atoms with Crippen molar-refractivity contribution in [3.63, 3.8) is 0 Å². The van der Waals surface area contributed by atoms with Crippen molar-refractivity contribution in [2.75, 3.05) is 23.9 Å². The van der Waals surface area contributed by atoms with Crippen LogP contribution in [0.15, 0.2) is 24.3 Å². The van der Waals surface area contributed by atoms with Gasteiger partial charge in [-0.25, -0.2) is 8.42 Å². The summed E-state index contributed by atoms with van der Waals surface area (Å²) in [6.07, 6.45) is 0. The van der Waals surface area contributed by atoms with Crippen LogP contribution < -0.4 is 0 Å². The van der Waals surface area contributed by atoms with Gasteiger partial charge in [0.1, 0.15) is 6.04 Å². The van der Waals surface area contributed by atoms with Crippen LogP contribution >= 0.6 is 23.4 Å². The zero-order chi connectivity index (χ0) is 16.2. The molecule has 2 rings (SSSR count). The van der Waals surface area contributed by atoms with Gasteiger partial charge < -0.3 is 4.74 Å². The van der Waals surface area contributed by atoms with E-state index in [4.69, 9.17) is 16.3 Å². The van der Waals surface area contributed by atoms with Crippen LogP contribution in [0.25, 0.3) is 0 Å². The minimum atomic E-state index is -3.51. The summed E-state index contributed by atoms with van der Waals surface area (Å²) in [5.74, 6) is 0.402. The van der Waals surface area contributed by atoms with Gasteiger partial charge in [-0.15, -0.1) is 0 Å². The summed E-state index contributed by atoms with van der Waals surface area (Å²) < 4.78 is 31.2. The van der Waals surface area contributed by atoms with Crippen molar-refractivity contribution in [1.82, 2.24) is 4.31 Å². The van der Waals surface area contributed by atoms with Crippen LogP contribution in [0.2, 0.25) is 5.02 Å². The van der Waals surface area contributed by atoms with Crippen LogP contribution in [0, 0.1) is 0 Å². The molecule has 1 aromatic rings. The molecule has 0 aliphatic carbocycles. The summed E-state index contributed by atoms with van der Waals surface area (Å²) in [5, 5.41) is 0.534. The van der Waals surface area contributed by atoms with E-state index < -0.39 is 22.0 Å². The molecule has 1 atom stereocenters. The summed E-state index contributed by atoms with van der Waals surface area (Å²) in [6.45, 7) is 2.05. The molecule has 0 radical (unpaired) electrons. The van der Waals surface area contributed by atoms with Gasteiger partial charge in [0, 0.05) is 23.1 Å². The Morgan fingerprint density at radius 2 is 2.27 bits per heavy atom. The van der Waals surface area contributed by atoms with Crippen molar-refractivity contribution in [3.05, 3.63) is 34.9 Å². The third-order valence-electron chi connectivity index (χ3n) is 3.25. The Morgan fingerprint density at radius 3 is 2.95 bits per heavy atom. The second kappa shape index (κ2) is 7.68. The number of esters is 1. The molecular formula is C14H18ClNO4S2. The van der Waals surface area contributed by atoms with Gasteiger partial charge in [-0.3, -0.25) is 4.79 Å². The molecule has 122 valence electrons. The van der Waals surface area contributed by atoms with Crippen LogP contribution in [-0.2, 0) is 26.1 Å². The molecule has 0 amide bonds. The van der Waals surface area contributed by atoms with E-state index in [9.17, 15) is 13.2 Å². The molecule has 1 fully saturated rings. The highest BCUT2D eigenvalue weighted by Gasteiger charge is 2.37. The van der Waals surface area contributed by atoms with Gasteiger partial charge in [0.25, 0.3) is 0 Å². The molecule has 1 aliphatic heterocycles. The fraction of sp³-hybridized carbons (Fsp3) is 0.500. The molecule has 0 aromatic heterocycles. The predicted octanol–water partition coefficient (Wildman–Crippen LogP) is 2.15. The normalized spacial score (nSPS) is 22.0. The Labute approximate surface area is 140 Å². The highest BCUT2D eigenvalue weighted by atomic mass is 35.5. The molecule has 1 aliphatic rings. The second-order valence-corrected chi connectivity index (χ2v) is 8.46. The molecule has 5 nitrogen and oxygen atoms in total. The largest absolute Gasteiger partial charge is 0.465 e. The van der Waals surface area contributed by atoms with Gasteiger partial charge in [0.15, 0.2) is 0 Å². The van der Waals surface area contributed by atoms with Crippen molar-refractivity contribution in [2.24, 2.45) is 0 Å². The SMILES string of the molecule is CCOC(=O)C1CSCCS(=O)(=O)N1Cc1cccc(Cl)c1. The number of hydrogen-bond acceptors (Lipinski definition) is 5. The van der Waals surface area contributed by atoms with Gasteiger partial charge in [-0.2, -0.15) is 16.1 Å². The monoisotopic (exact) mass is 363 g/mol. The number of benzene rings is 1. The number of carbonyl (C=O) groups excluding carboxylic acids is 1. The number of ether oxygens (including phenoxy) is 1.